The third-order valence-electron chi connectivity index (χ3n) is 3.14. The fraction of sp³-hybridized carbons (Fsp3) is 0.667. The molecule has 1 saturated heterocycles. The third-order valence-corrected chi connectivity index (χ3v) is 4.83. The minimum Gasteiger partial charge on any atom is -0.355 e. The molecule has 1 aromatic heterocycles. The van der Waals surface area contributed by atoms with Gasteiger partial charge in [0, 0.05) is 31.1 Å². The summed E-state index contributed by atoms with van der Waals surface area (Å²) in [7, 11) is 0. The molecule has 0 saturated carbocycles. The second kappa shape index (κ2) is 6.61. The number of hydrogen-bond donors (Lipinski definition) is 1. The van der Waals surface area contributed by atoms with Crippen LogP contribution in [0.4, 0.5) is 11.8 Å². The molecule has 1 N–H and O–H groups in total. The molecule has 18 heavy (non-hydrogen) atoms. The highest BCUT2D eigenvalue weighted by molar-refractivity contribution is 9.10. The van der Waals surface area contributed by atoms with Crippen molar-refractivity contribution in [3.05, 3.63) is 10.7 Å². The van der Waals surface area contributed by atoms with Gasteiger partial charge in [0.25, 0.3) is 0 Å². The smallest absolute Gasteiger partial charge is 0.224 e. The van der Waals surface area contributed by atoms with E-state index < -0.39 is 0 Å². The second-order valence-corrected chi connectivity index (χ2v) is 6.31. The molecular formula is C12H19BrN4S. The summed E-state index contributed by atoms with van der Waals surface area (Å²) in [6.45, 7) is 5.05. The van der Waals surface area contributed by atoms with E-state index in [1.165, 1.54) is 12.8 Å². The van der Waals surface area contributed by atoms with Crippen LogP contribution in [-0.2, 0) is 0 Å². The Labute approximate surface area is 121 Å². The number of hydrogen-bond acceptors (Lipinski definition) is 5. The van der Waals surface area contributed by atoms with Gasteiger partial charge in [-0.15, -0.1) is 0 Å². The van der Waals surface area contributed by atoms with E-state index in [1.54, 1.807) is 0 Å². The van der Waals surface area contributed by atoms with Crippen molar-refractivity contribution < 1.29 is 0 Å². The van der Waals surface area contributed by atoms with Gasteiger partial charge in [-0.2, -0.15) is 16.7 Å². The molecule has 0 atom stereocenters. The zero-order valence-electron chi connectivity index (χ0n) is 10.8. The van der Waals surface area contributed by atoms with Crippen molar-refractivity contribution in [2.45, 2.75) is 25.0 Å². The summed E-state index contributed by atoms with van der Waals surface area (Å²) in [5.41, 5.74) is 0. The summed E-state index contributed by atoms with van der Waals surface area (Å²) >= 11 is 5.52. The maximum Gasteiger partial charge on any atom is 0.224 e. The number of nitrogens with zero attached hydrogens (tertiary/aromatic N) is 3. The van der Waals surface area contributed by atoms with Crippen LogP contribution in [0.25, 0.3) is 0 Å². The predicted octanol–water partition coefficient (Wildman–Crippen LogP) is 3.00. The van der Waals surface area contributed by atoms with E-state index in [-0.39, 0.29) is 0 Å². The molecule has 2 heterocycles. The molecule has 1 aliphatic rings. The lowest BCUT2D eigenvalue weighted by Crippen LogP contribution is -2.35. The first-order valence-corrected chi connectivity index (χ1v) is 8.36. The average Bonchev–Trinajstić information content (AvgIpc) is 2.41. The Kier molecular flexibility index (Phi) is 5.12. The predicted molar refractivity (Wildman–Crippen MR) is 82.6 cm³/mol. The minimum atomic E-state index is 0.711. The van der Waals surface area contributed by atoms with Crippen LogP contribution in [0, 0.1) is 0 Å². The first-order chi connectivity index (χ1) is 8.74. The zero-order chi connectivity index (χ0) is 13.0. The number of aromatic nitrogens is 2. The fourth-order valence-corrected chi connectivity index (χ4v) is 3.25. The third kappa shape index (κ3) is 3.29. The Balaban J connectivity index is 2.10. The van der Waals surface area contributed by atoms with Gasteiger partial charge in [-0.1, -0.05) is 0 Å². The van der Waals surface area contributed by atoms with Crippen LogP contribution in [0.2, 0.25) is 0 Å². The summed E-state index contributed by atoms with van der Waals surface area (Å²) in [6.07, 6.45) is 6.49. The van der Waals surface area contributed by atoms with E-state index in [0.717, 1.165) is 35.2 Å². The lowest BCUT2D eigenvalue weighted by molar-refractivity contribution is 0.586. The zero-order valence-corrected chi connectivity index (χ0v) is 13.2. The SMILES string of the molecule is CCNc1ncc(Br)c(N2CCC(SC)CC2)n1. The Bertz CT molecular complexity index is 394. The molecule has 0 unspecified atom stereocenters. The van der Waals surface area contributed by atoms with E-state index >= 15 is 0 Å². The average molecular weight is 331 g/mol. The van der Waals surface area contributed by atoms with E-state index in [4.69, 9.17) is 0 Å². The summed E-state index contributed by atoms with van der Waals surface area (Å²) in [5.74, 6) is 1.73. The Morgan fingerprint density at radius 3 is 2.83 bits per heavy atom. The number of rotatable bonds is 4. The Hall–Kier alpha value is -0.490. The van der Waals surface area contributed by atoms with Crippen molar-refractivity contribution in [2.75, 3.05) is 36.1 Å². The summed E-state index contributed by atoms with van der Waals surface area (Å²) in [6, 6.07) is 0. The van der Waals surface area contributed by atoms with E-state index in [0.29, 0.717) is 5.95 Å². The van der Waals surface area contributed by atoms with Crippen LogP contribution in [0.5, 0.6) is 0 Å². The van der Waals surface area contributed by atoms with Crippen molar-refractivity contribution in [1.29, 1.82) is 0 Å². The summed E-state index contributed by atoms with van der Waals surface area (Å²) in [5, 5.41) is 3.96. The maximum absolute atomic E-state index is 4.59. The van der Waals surface area contributed by atoms with Gasteiger partial charge in [0.15, 0.2) is 0 Å². The van der Waals surface area contributed by atoms with Crippen LogP contribution in [0.1, 0.15) is 19.8 Å². The lowest BCUT2D eigenvalue weighted by Gasteiger charge is -2.32. The molecular weight excluding hydrogens is 312 g/mol. The first-order valence-electron chi connectivity index (χ1n) is 6.28. The molecule has 1 aromatic rings. The van der Waals surface area contributed by atoms with Gasteiger partial charge in [0.05, 0.1) is 4.47 Å². The number of nitrogens with one attached hydrogen (secondary N) is 1. The molecule has 100 valence electrons. The Morgan fingerprint density at radius 2 is 2.22 bits per heavy atom. The number of halogens is 1. The van der Waals surface area contributed by atoms with E-state index in [9.17, 15) is 0 Å². The van der Waals surface area contributed by atoms with Crippen molar-refractivity contribution >= 4 is 39.5 Å². The van der Waals surface area contributed by atoms with Crippen LogP contribution in [-0.4, -0.2) is 41.1 Å². The molecule has 1 fully saturated rings. The molecule has 4 nitrogen and oxygen atoms in total. The Morgan fingerprint density at radius 1 is 1.50 bits per heavy atom. The van der Waals surface area contributed by atoms with Crippen molar-refractivity contribution in [3.63, 3.8) is 0 Å². The topological polar surface area (TPSA) is 41.1 Å². The van der Waals surface area contributed by atoms with E-state index in [1.807, 2.05) is 18.0 Å². The molecule has 0 aliphatic carbocycles. The van der Waals surface area contributed by atoms with E-state index in [2.05, 4.69) is 49.3 Å². The molecule has 6 heteroatoms. The van der Waals surface area contributed by atoms with Gasteiger partial charge in [0.2, 0.25) is 5.95 Å². The minimum absolute atomic E-state index is 0.711. The first kappa shape index (κ1) is 13.9. The lowest BCUT2D eigenvalue weighted by atomic mass is 10.1. The standard InChI is InChI=1S/C12H19BrN4S/c1-3-14-12-15-8-10(13)11(16-12)17-6-4-9(18-2)5-7-17/h8-9H,3-7H2,1-2H3,(H,14,15,16). The van der Waals surface area contributed by atoms with Crippen LogP contribution < -0.4 is 10.2 Å². The second-order valence-electron chi connectivity index (χ2n) is 4.32. The molecule has 0 bridgehead atoms. The number of thioether (sulfide) groups is 1. The van der Waals surface area contributed by atoms with Gasteiger partial charge in [-0.05, 0) is 42.0 Å². The molecule has 2 rings (SSSR count). The van der Waals surface area contributed by atoms with Gasteiger partial charge in [0.1, 0.15) is 5.82 Å². The highest BCUT2D eigenvalue weighted by Crippen LogP contribution is 2.29. The fourth-order valence-electron chi connectivity index (χ4n) is 2.13. The normalized spacial score (nSPS) is 16.9. The number of anilines is 2. The highest BCUT2D eigenvalue weighted by atomic mass is 79.9. The molecule has 0 radical (unpaired) electrons. The van der Waals surface area contributed by atoms with Crippen molar-refractivity contribution in [3.8, 4) is 0 Å². The van der Waals surface area contributed by atoms with Gasteiger partial charge in [-0.25, -0.2) is 4.98 Å². The van der Waals surface area contributed by atoms with Crippen molar-refractivity contribution in [2.24, 2.45) is 0 Å². The quantitative estimate of drug-likeness (QED) is 0.919. The largest absolute Gasteiger partial charge is 0.355 e. The van der Waals surface area contributed by atoms with Crippen molar-refractivity contribution in [1.82, 2.24) is 9.97 Å². The van der Waals surface area contributed by atoms with Crippen LogP contribution in [0.15, 0.2) is 10.7 Å². The van der Waals surface area contributed by atoms with Gasteiger partial charge < -0.3 is 10.2 Å². The summed E-state index contributed by atoms with van der Waals surface area (Å²) in [4.78, 5) is 11.2. The monoisotopic (exact) mass is 330 g/mol. The molecule has 0 amide bonds. The maximum atomic E-state index is 4.59. The van der Waals surface area contributed by atoms with Gasteiger partial charge >= 0.3 is 0 Å². The molecule has 0 aromatic carbocycles. The summed E-state index contributed by atoms with van der Waals surface area (Å²) < 4.78 is 0.978. The highest BCUT2D eigenvalue weighted by Gasteiger charge is 2.21. The van der Waals surface area contributed by atoms with Crippen LogP contribution >= 0.6 is 27.7 Å². The van der Waals surface area contributed by atoms with Crippen LogP contribution in [0.3, 0.4) is 0 Å². The number of piperidine rings is 1. The molecule has 0 spiro atoms. The van der Waals surface area contributed by atoms with Gasteiger partial charge in [-0.3, -0.25) is 0 Å². The molecule has 1 aliphatic heterocycles.